The zero-order valence-corrected chi connectivity index (χ0v) is 21.7. The summed E-state index contributed by atoms with van der Waals surface area (Å²) in [5.74, 6) is -0.373. The number of guanidine groups is 4. The largest absolute Gasteiger partial charge is 0.336 e. The summed E-state index contributed by atoms with van der Waals surface area (Å²) < 4.78 is 0. The average Bonchev–Trinajstić information content (AvgIpc) is 2.81. The molecule has 0 saturated heterocycles. The van der Waals surface area contributed by atoms with Gasteiger partial charge in [0.2, 0.25) is 0 Å². The predicted molar refractivity (Wildman–Crippen MR) is 151 cm³/mol. The van der Waals surface area contributed by atoms with Gasteiger partial charge in [-0.3, -0.25) is 32.3 Å². The molecule has 0 aliphatic rings. The summed E-state index contributed by atoms with van der Waals surface area (Å²) in [6, 6.07) is 13.8. The number of nitrogens with one attached hydrogen (secondary N) is 10. The Bertz CT molecular complexity index is 933. The number of hydrogen-bond acceptors (Lipinski definition) is 4. The van der Waals surface area contributed by atoms with Crippen molar-refractivity contribution in [2.75, 3.05) is 10.6 Å². The Labute approximate surface area is 222 Å². The molecule has 0 radical (unpaired) electrons. The second-order valence-corrected chi connectivity index (χ2v) is 8.93. The van der Waals surface area contributed by atoms with E-state index in [4.69, 9.17) is 44.8 Å². The first-order chi connectivity index (χ1) is 17.2. The van der Waals surface area contributed by atoms with E-state index in [1.807, 2.05) is 0 Å². The summed E-state index contributed by atoms with van der Waals surface area (Å²) in [4.78, 5) is 0. The fraction of sp³-hybridized carbons (Fsp3) is 0.333. The number of anilines is 2. The maximum Gasteiger partial charge on any atom is 0.199 e. The number of benzene rings is 2. The lowest BCUT2D eigenvalue weighted by molar-refractivity contribution is 0.480. The molecule has 0 fully saturated rings. The number of halogens is 2. The highest BCUT2D eigenvalue weighted by molar-refractivity contribution is 6.31. The van der Waals surface area contributed by atoms with Crippen LogP contribution in [0.3, 0.4) is 0 Å². The molecule has 2 rings (SSSR count). The van der Waals surface area contributed by atoms with Crippen molar-refractivity contribution in [3.8, 4) is 0 Å². The Balaban J connectivity index is 1.87. The topological polar surface area (TPSA) is 168 Å². The zero-order valence-electron chi connectivity index (χ0n) is 20.2. The lowest BCUT2D eigenvalue weighted by Crippen LogP contribution is -2.56. The van der Waals surface area contributed by atoms with Gasteiger partial charge in [-0.2, -0.15) is 0 Å². The van der Waals surface area contributed by atoms with E-state index in [0.29, 0.717) is 27.8 Å². The Hall–Kier alpha value is -3.50. The van der Waals surface area contributed by atoms with Gasteiger partial charge in [-0.25, -0.2) is 0 Å². The Morgan fingerprint density at radius 2 is 1.06 bits per heavy atom. The van der Waals surface area contributed by atoms with Crippen LogP contribution in [0.2, 0.25) is 10.0 Å². The van der Waals surface area contributed by atoms with E-state index in [9.17, 15) is 0 Å². The van der Waals surface area contributed by atoms with E-state index in [1.54, 1.807) is 48.5 Å². The van der Waals surface area contributed by atoms with Crippen molar-refractivity contribution >= 4 is 58.4 Å². The van der Waals surface area contributed by atoms with E-state index in [0.717, 1.165) is 25.7 Å². The summed E-state index contributed by atoms with van der Waals surface area (Å²) in [5, 5.41) is 50.7. The smallest absolute Gasteiger partial charge is 0.199 e. The van der Waals surface area contributed by atoms with Crippen molar-refractivity contribution in [3.63, 3.8) is 0 Å². The molecule has 0 amide bonds. The third kappa shape index (κ3) is 11.8. The van der Waals surface area contributed by atoms with Gasteiger partial charge in [0.1, 0.15) is 6.17 Å². The highest BCUT2D eigenvalue weighted by Gasteiger charge is 2.13. The molecule has 194 valence electrons. The molecule has 2 aromatic carbocycles. The van der Waals surface area contributed by atoms with Crippen LogP contribution in [0, 0.1) is 21.6 Å². The molecule has 0 spiro atoms. The second-order valence-electron chi connectivity index (χ2n) is 8.06. The van der Waals surface area contributed by atoms with Gasteiger partial charge < -0.3 is 21.3 Å². The van der Waals surface area contributed by atoms with Gasteiger partial charge >= 0.3 is 0 Å². The first-order valence-corrected chi connectivity index (χ1v) is 12.5. The van der Waals surface area contributed by atoms with Crippen LogP contribution in [-0.2, 0) is 0 Å². The van der Waals surface area contributed by atoms with E-state index in [2.05, 4.69) is 38.8 Å². The van der Waals surface area contributed by atoms with E-state index < -0.39 is 6.17 Å². The van der Waals surface area contributed by atoms with Crippen LogP contribution in [0.25, 0.3) is 0 Å². The number of rotatable bonds is 10. The Morgan fingerprint density at radius 1 is 0.639 bits per heavy atom. The van der Waals surface area contributed by atoms with Crippen LogP contribution in [0.5, 0.6) is 0 Å². The first-order valence-electron chi connectivity index (χ1n) is 11.7. The van der Waals surface area contributed by atoms with Crippen molar-refractivity contribution < 1.29 is 0 Å². The van der Waals surface area contributed by atoms with Gasteiger partial charge in [0, 0.05) is 21.4 Å². The van der Waals surface area contributed by atoms with Gasteiger partial charge in [0.15, 0.2) is 23.8 Å². The summed E-state index contributed by atoms with van der Waals surface area (Å²) in [5.41, 5.74) is 1.32. The standard InChI is InChI=1S/C24H34Cl2N10/c1-2-3-4-5-6-7-20(33-23(29)35-21(27)31-18-12-8-16(25)9-13-18)34-24(30)36-22(28)32-19-14-10-17(26)11-15-19/h8-15,20H,2-7H2,1H3,(H5,27,29,31,33,35)(H5,28,30,32,34,36). The van der Waals surface area contributed by atoms with Crippen molar-refractivity contribution in [2.45, 2.75) is 51.6 Å². The van der Waals surface area contributed by atoms with Gasteiger partial charge in [0.05, 0.1) is 0 Å². The molecular formula is C24H34Cl2N10. The summed E-state index contributed by atoms with van der Waals surface area (Å²) >= 11 is 11.8. The SMILES string of the molecule is CCCCCCCC(NC(=N)NC(=N)Nc1ccc(Cl)cc1)NC(=N)NC(=N)Nc1ccc(Cl)cc1. The quantitative estimate of drug-likeness (QED) is 0.0860. The van der Waals surface area contributed by atoms with Gasteiger partial charge in [-0.1, -0.05) is 55.8 Å². The summed E-state index contributed by atoms with van der Waals surface area (Å²) in [6.45, 7) is 2.16. The molecule has 0 unspecified atom stereocenters. The van der Waals surface area contributed by atoms with Crippen LogP contribution in [-0.4, -0.2) is 30.0 Å². The summed E-state index contributed by atoms with van der Waals surface area (Å²) in [6.07, 6.45) is 5.56. The molecule has 36 heavy (non-hydrogen) atoms. The minimum atomic E-state index is -0.460. The van der Waals surface area contributed by atoms with Gasteiger partial charge in [-0.15, -0.1) is 0 Å². The molecule has 0 atom stereocenters. The average molecular weight is 534 g/mol. The highest BCUT2D eigenvalue weighted by Crippen LogP contribution is 2.14. The third-order valence-electron chi connectivity index (χ3n) is 4.96. The van der Waals surface area contributed by atoms with Crippen molar-refractivity contribution in [1.29, 1.82) is 21.6 Å². The highest BCUT2D eigenvalue weighted by atomic mass is 35.5. The van der Waals surface area contributed by atoms with Crippen molar-refractivity contribution in [3.05, 3.63) is 58.6 Å². The van der Waals surface area contributed by atoms with Gasteiger partial charge in [0.25, 0.3) is 0 Å². The lowest BCUT2D eigenvalue weighted by atomic mass is 10.1. The molecule has 2 aromatic rings. The van der Waals surface area contributed by atoms with Crippen LogP contribution in [0.15, 0.2) is 48.5 Å². The predicted octanol–water partition coefficient (Wildman–Crippen LogP) is 5.30. The fourth-order valence-corrected chi connectivity index (χ4v) is 3.47. The minimum absolute atomic E-state index is 0.0846. The fourth-order valence-electron chi connectivity index (χ4n) is 3.22. The molecule has 10 N–H and O–H groups in total. The van der Waals surface area contributed by atoms with E-state index in [1.165, 1.54) is 6.42 Å². The van der Waals surface area contributed by atoms with Crippen LogP contribution < -0.4 is 31.9 Å². The minimum Gasteiger partial charge on any atom is -0.336 e. The number of hydrogen-bond donors (Lipinski definition) is 10. The van der Waals surface area contributed by atoms with Crippen LogP contribution in [0.1, 0.15) is 45.4 Å². The molecule has 0 saturated carbocycles. The monoisotopic (exact) mass is 532 g/mol. The maximum absolute atomic E-state index is 8.23. The van der Waals surface area contributed by atoms with Crippen molar-refractivity contribution in [1.82, 2.24) is 21.3 Å². The van der Waals surface area contributed by atoms with Crippen LogP contribution in [0.4, 0.5) is 11.4 Å². The molecule has 0 bridgehead atoms. The second kappa shape index (κ2) is 15.5. The molecular weight excluding hydrogens is 499 g/mol. The lowest BCUT2D eigenvalue weighted by Gasteiger charge is -2.24. The number of unbranched alkanes of at least 4 members (excludes halogenated alkanes) is 4. The van der Waals surface area contributed by atoms with E-state index >= 15 is 0 Å². The normalized spacial score (nSPS) is 11.1. The Kier molecular flexibility index (Phi) is 12.4. The molecule has 0 aromatic heterocycles. The summed E-state index contributed by atoms with van der Waals surface area (Å²) in [7, 11) is 0. The zero-order chi connectivity index (χ0) is 26.3. The van der Waals surface area contributed by atoms with E-state index in [-0.39, 0.29) is 23.8 Å². The molecule has 0 aliphatic carbocycles. The molecule has 10 nitrogen and oxygen atoms in total. The first kappa shape index (κ1) is 28.7. The molecule has 0 aliphatic heterocycles. The Morgan fingerprint density at radius 3 is 1.47 bits per heavy atom. The molecule has 0 heterocycles. The molecule has 12 heteroatoms. The van der Waals surface area contributed by atoms with Gasteiger partial charge in [-0.05, 0) is 61.4 Å². The van der Waals surface area contributed by atoms with Crippen LogP contribution >= 0.6 is 23.2 Å². The maximum atomic E-state index is 8.23. The van der Waals surface area contributed by atoms with Crippen molar-refractivity contribution in [2.24, 2.45) is 0 Å². The third-order valence-corrected chi connectivity index (χ3v) is 5.46.